The van der Waals surface area contributed by atoms with Gasteiger partial charge in [-0.05, 0) is 58.5 Å². The van der Waals surface area contributed by atoms with Gasteiger partial charge in [0.1, 0.15) is 11.5 Å². The predicted octanol–water partition coefficient (Wildman–Crippen LogP) is 3.90. The Balaban J connectivity index is 1.45. The van der Waals surface area contributed by atoms with Crippen molar-refractivity contribution in [1.82, 2.24) is 30.2 Å². The molecule has 0 aliphatic rings. The van der Waals surface area contributed by atoms with Gasteiger partial charge in [0.25, 0.3) is 5.91 Å². The first-order chi connectivity index (χ1) is 17.0. The molecule has 5 rings (SSSR count). The Morgan fingerprint density at radius 2 is 1.74 bits per heavy atom. The van der Waals surface area contributed by atoms with Crippen LogP contribution in [0.4, 0.5) is 20.3 Å². The Morgan fingerprint density at radius 3 is 2.51 bits per heavy atom. The van der Waals surface area contributed by atoms with E-state index < -0.39 is 11.6 Å². The number of anilines is 2. The quantitative estimate of drug-likeness (QED) is 0.399. The molecule has 0 saturated heterocycles. The van der Waals surface area contributed by atoms with Crippen molar-refractivity contribution in [2.45, 2.75) is 0 Å². The Hall–Kier alpha value is -5.06. The first-order valence-corrected chi connectivity index (χ1v) is 10.3. The molecular formula is C24H16F2N8O. The minimum absolute atomic E-state index is 0.0996. The molecule has 2 aromatic carbocycles. The molecule has 0 saturated carbocycles. The second-order valence-corrected chi connectivity index (χ2v) is 7.41. The lowest BCUT2D eigenvalue weighted by Gasteiger charge is -2.10. The van der Waals surface area contributed by atoms with Crippen LogP contribution in [0.15, 0.2) is 79.3 Å². The zero-order chi connectivity index (χ0) is 24.4. The number of tetrazole rings is 1. The van der Waals surface area contributed by atoms with Gasteiger partial charge < -0.3 is 11.1 Å². The molecule has 3 heterocycles. The first-order valence-electron chi connectivity index (χ1n) is 10.3. The van der Waals surface area contributed by atoms with E-state index in [1.807, 2.05) is 0 Å². The van der Waals surface area contributed by atoms with Crippen molar-refractivity contribution in [3.63, 3.8) is 0 Å². The highest BCUT2D eigenvalue weighted by atomic mass is 19.2. The average molecular weight is 470 g/mol. The molecular weight excluding hydrogens is 454 g/mol. The summed E-state index contributed by atoms with van der Waals surface area (Å²) < 4.78 is 29.2. The molecule has 3 aromatic heterocycles. The summed E-state index contributed by atoms with van der Waals surface area (Å²) in [7, 11) is 0. The largest absolute Gasteiger partial charge is 0.383 e. The SMILES string of the molecule is Nc1ncc(-c2ccc(NC(=O)c3ccncc3)cc2)cc1-c1nnnn1-c1cccc(F)c1F. The van der Waals surface area contributed by atoms with Crippen molar-refractivity contribution in [2.24, 2.45) is 0 Å². The lowest BCUT2D eigenvalue weighted by atomic mass is 10.0. The molecule has 0 spiro atoms. The van der Waals surface area contributed by atoms with Crippen molar-refractivity contribution < 1.29 is 13.6 Å². The average Bonchev–Trinajstić information content (AvgIpc) is 3.36. The second kappa shape index (κ2) is 9.06. The minimum Gasteiger partial charge on any atom is -0.383 e. The third-order valence-electron chi connectivity index (χ3n) is 5.21. The highest BCUT2D eigenvalue weighted by molar-refractivity contribution is 6.04. The summed E-state index contributed by atoms with van der Waals surface area (Å²) in [5.41, 5.74) is 8.79. The molecule has 0 aliphatic carbocycles. The van der Waals surface area contributed by atoms with E-state index >= 15 is 0 Å². The third kappa shape index (κ3) is 4.29. The number of hydrogen-bond donors (Lipinski definition) is 2. The number of nitrogens with one attached hydrogen (secondary N) is 1. The van der Waals surface area contributed by atoms with E-state index in [0.717, 1.165) is 16.3 Å². The Bertz CT molecular complexity index is 1520. The summed E-state index contributed by atoms with van der Waals surface area (Å²) in [6.07, 6.45) is 4.66. The van der Waals surface area contributed by atoms with Crippen LogP contribution < -0.4 is 11.1 Å². The number of carbonyl (C=O) groups excluding carboxylic acids is 1. The van der Waals surface area contributed by atoms with E-state index in [1.165, 1.54) is 12.1 Å². The zero-order valence-electron chi connectivity index (χ0n) is 17.9. The van der Waals surface area contributed by atoms with Gasteiger partial charge in [0.15, 0.2) is 17.5 Å². The van der Waals surface area contributed by atoms with Crippen LogP contribution in [-0.2, 0) is 0 Å². The number of benzene rings is 2. The lowest BCUT2D eigenvalue weighted by molar-refractivity contribution is 0.102. The fraction of sp³-hybridized carbons (Fsp3) is 0. The maximum absolute atomic E-state index is 14.4. The molecule has 1 amide bonds. The van der Waals surface area contributed by atoms with Crippen molar-refractivity contribution >= 4 is 17.4 Å². The highest BCUT2D eigenvalue weighted by Crippen LogP contribution is 2.30. The molecule has 0 atom stereocenters. The third-order valence-corrected chi connectivity index (χ3v) is 5.21. The van der Waals surface area contributed by atoms with Gasteiger partial charge >= 0.3 is 0 Å². The number of carbonyl (C=O) groups is 1. The molecule has 172 valence electrons. The summed E-state index contributed by atoms with van der Waals surface area (Å²) in [4.78, 5) is 20.5. The monoisotopic (exact) mass is 470 g/mol. The van der Waals surface area contributed by atoms with Gasteiger partial charge in [-0.25, -0.2) is 13.8 Å². The van der Waals surface area contributed by atoms with E-state index in [2.05, 4.69) is 30.8 Å². The molecule has 0 radical (unpaired) electrons. The highest BCUT2D eigenvalue weighted by Gasteiger charge is 2.19. The van der Waals surface area contributed by atoms with E-state index in [-0.39, 0.29) is 23.2 Å². The number of nitrogens with zero attached hydrogens (tertiary/aromatic N) is 6. The van der Waals surface area contributed by atoms with Crippen LogP contribution in [0.3, 0.4) is 0 Å². The van der Waals surface area contributed by atoms with Crippen LogP contribution in [0.25, 0.3) is 28.2 Å². The van der Waals surface area contributed by atoms with Crippen molar-refractivity contribution in [2.75, 3.05) is 11.1 Å². The number of amides is 1. The number of halogens is 2. The van der Waals surface area contributed by atoms with Gasteiger partial charge in [0.2, 0.25) is 0 Å². The van der Waals surface area contributed by atoms with E-state index in [1.54, 1.807) is 61.1 Å². The van der Waals surface area contributed by atoms with Crippen molar-refractivity contribution in [3.8, 4) is 28.2 Å². The number of nitrogens with two attached hydrogens (primary N) is 1. The fourth-order valence-electron chi connectivity index (χ4n) is 3.44. The van der Waals surface area contributed by atoms with Crippen molar-refractivity contribution in [3.05, 3.63) is 96.5 Å². The fourth-order valence-corrected chi connectivity index (χ4v) is 3.44. The van der Waals surface area contributed by atoms with Gasteiger partial charge in [-0.3, -0.25) is 9.78 Å². The molecule has 0 bridgehead atoms. The number of pyridine rings is 2. The number of nitrogen functional groups attached to an aromatic ring is 1. The van der Waals surface area contributed by atoms with Gasteiger partial charge in [0, 0.05) is 35.4 Å². The summed E-state index contributed by atoms with van der Waals surface area (Å²) in [6, 6.07) is 15.7. The maximum Gasteiger partial charge on any atom is 0.255 e. The molecule has 3 N–H and O–H groups in total. The summed E-state index contributed by atoms with van der Waals surface area (Å²) >= 11 is 0. The second-order valence-electron chi connectivity index (χ2n) is 7.41. The van der Waals surface area contributed by atoms with Crippen molar-refractivity contribution in [1.29, 1.82) is 0 Å². The molecule has 0 fully saturated rings. The van der Waals surface area contributed by atoms with E-state index in [9.17, 15) is 13.6 Å². The van der Waals surface area contributed by atoms with Crippen LogP contribution in [0.1, 0.15) is 10.4 Å². The normalized spacial score (nSPS) is 10.8. The minimum atomic E-state index is -1.09. The number of aromatic nitrogens is 6. The molecule has 5 aromatic rings. The molecule has 0 aliphatic heterocycles. The van der Waals surface area contributed by atoms with Gasteiger partial charge in [-0.2, -0.15) is 4.68 Å². The van der Waals surface area contributed by atoms with Gasteiger partial charge in [-0.1, -0.05) is 18.2 Å². The summed E-state index contributed by atoms with van der Waals surface area (Å²) in [5, 5.41) is 14.2. The van der Waals surface area contributed by atoms with E-state index in [0.29, 0.717) is 22.4 Å². The van der Waals surface area contributed by atoms with E-state index in [4.69, 9.17) is 5.73 Å². The molecule has 0 unspecified atom stereocenters. The number of hydrogen-bond acceptors (Lipinski definition) is 7. The predicted molar refractivity (Wildman–Crippen MR) is 124 cm³/mol. The Kier molecular flexibility index (Phi) is 5.63. The standard InChI is InChI=1S/C24H16F2N8O/c25-19-2-1-3-20(21(19)26)34-23(31-32-33-34)18-12-16(13-29-22(18)27)14-4-6-17(7-5-14)30-24(35)15-8-10-28-11-9-15/h1-13H,(H2,27,29)(H,30,35). The summed E-state index contributed by atoms with van der Waals surface area (Å²) in [6.45, 7) is 0. The zero-order valence-corrected chi connectivity index (χ0v) is 17.9. The Labute approximate surface area is 197 Å². The lowest BCUT2D eigenvalue weighted by Crippen LogP contribution is -2.11. The Morgan fingerprint density at radius 1 is 0.971 bits per heavy atom. The molecule has 35 heavy (non-hydrogen) atoms. The van der Waals surface area contributed by atoms with Crippen LogP contribution in [0.5, 0.6) is 0 Å². The van der Waals surface area contributed by atoms with Crippen LogP contribution >= 0.6 is 0 Å². The first kappa shape index (κ1) is 21.8. The van der Waals surface area contributed by atoms with Gasteiger partial charge in [0.05, 0.1) is 5.56 Å². The van der Waals surface area contributed by atoms with Crippen LogP contribution in [0.2, 0.25) is 0 Å². The smallest absolute Gasteiger partial charge is 0.255 e. The topological polar surface area (TPSA) is 124 Å². The van der Waals surface area contributed by atoms with Crippen LogP contribution in [0, 0.1) is 11.6 Å². The van der Waals surface area contributed by atoms with Gasteiger partial charge in [-0.15, -0.1) is 5.10 Å². The summed E-state index contributed by atoms with van der Waals surface area (Å²) in [5.74, 6) is -2.16. The molecule has 9 nitrogen and oxygen atoms in total. The maximum atomic E-state index is 14.4. The number of rotatable bonds is 5. The van der Waals surface area contributed by atoms with Crippen LogP contribution in [-0.4, -0.2) is 36.1 Å². The molecule has 11 heteroatoms.